The molecule has 6 heteroatoms. The molecule has 5 rings (SSSR count). The molecule has 0 aliphatic heterocycles. The zero-order chi connectivity index (χ0) is 21.2. The number of hydrogen-bond donors (Lipinski definition) is 1. The van der Waals surface area contributed by atoms with Gasteiger partial charge in [-0.25, -0.2) is 4.98 Å². The fraction of sp³-hybridized carbons (Fsp3) is 0.120. The van der Waals surface area contributed by atoms with Crippen molar-refractivity contribution >= 4 is 16.7 Å². The summed E-state index contributed by atoms with van der Waals surface area (Å²) in [5, 5.41) is 8.75. The molecule has 3 heterocycles. The van der Waals surface area contributed by atoms with E-state index in [1.807, 2.05) is 48.5 Å². The number of anilines is 1. The number of aryl methyl sites for hydroxylation is 1. The summed E-state index contributed by atoms with van der Waals surface area (Å²) in [7, 11) is 0. The van der Waals surface area contributed by atoms with Gasteiger partial charge in [0, 0.05) is 17.1 Å². The van der Waals surface area contributed by atoms with Crippen LogP contribution in [-0.2, 0) is 0 Å². The topological polar surface area (TPSA) is 76.7 Å². The molecule has 0 unspecified atom stereocenters. The molecule has 2 aromatic carbocycles. The number of fused-ring (bicyclic) bond motifs is 1. The van der Waals surface area contributed by atoms with Crippen LogP contribution in [-0.4, -0.2) is 20.1 Å². The van der Waals surface area contributed by atoms with Gasteiger partial charge in [0.1, 0.15) is 5.82 Å². The Morgan fingerprint density at radius 2 is 1.74 bits per heavy atom. The Morgan fingerprint density at radius 1 is 0.903 bits per heavy atom. The third-order valence-electron chi connectivity index (χ3n) is 5.15. The van der Waals surface area contributed by atoms with Gasteiger partial charge in [0.15, 0.2) is 0 Å². The van der Waals surface area contributed by atoms with Crippen molar-refractivity contribution in [3.63, 3.8) is 0 Å². The molecule has 1 atom stereocenters. The van der Waals surface area contributed by atoms with Crippen LogP contribution in [0.3, 0.4) is 0 Å². The van der Waals surface area contributed by atoms with Gasteiger partial charge in [-0.2, -0.15) is 4.98 Å². The van der Waals surface area contributed by atoms with E-state index in [1.165, 1.54) is 0 Å². The van der Waals surface area contributed by atoms with Crippen LogP contribution in [0.4, 0.5) is 5.82 Å². The molecule has 3 aromatic heterocycles. The summed E-state index contributed by atoms with van der Waals surface area (Å²) < 4.78 is 5.55. The van der Waals surface area contributed by atoms with Gasteiger partial charge >= 0.3 is 0 Å². The summed E-state index contributed by atoms with van der Waals surface area (Å²) in [4.78, 5) is 14.0. The highest BCUT2D eigenvalue weighted by atomic mass is 16.5. The van der Waals surface area contributed by atoms with E-state index in [9.17, 15) is 0 Å². The van der Waals surface area contributed by atoms with Crippen LogP contribution in [0.1, 0.15) is 24.2 Å². The first-order chi connectivity index (χ1) is 15.2. The van der Waals surface area contributed by atoms with Gasteiger partial charge in [0.2, 0.25) is 5.82 Å². The highest BCUT2D eigenvalue weighted by Gasteiger charge is 2.18. The Hall–Kier alpha value is -4.06. The van der Waals surface area contributed by atoms with Crippen LogP contribution >= 0.6 is 0 Å². The summed E-state index contributed by atoms with van der Waals surface area (Å²) in [6.45, 7) is 4.11. The predicted molar refractivity (Wildman–Crippen MR) is 121 cm³/mol. The van der Waals surface area contributed by atoms with Crippen molar-refractivity contribution in [2.45, 2.75) is 19.9 Å². The highest BCUT2D eigenvalue weighted by molar-refractivity contribution is 5.88. The van der Waals surface area contributed by atoms with Crippen molar-refractivity contribution in [2.24, 2.45) is 0 Å². The Morgan fingerprint density at radius 3 is 2.55 bits per heavy atom. The second-order valence-electron chi connectivity index (χ2n) is 7.49. The van der Waals surface area contributed by atoms with Crippen molar-refractivity contribution in [2.75, 3.05) is 5.32 Å². The normalized spacial score (nSPS) is 12.1. The third kappa shape index (κ3) is 3.88. The highest BCUT2D eigenvalue weighted by Crippen LogP contribution is 2.32. The van der Waals surface area contributed by atoms with Crippen molar-refractivity contribution in [1.29, 1.82) is 0 Å². The van der Waals surface area contributed by atoms with E-state index < -0.39 is 0 Å². The summed E-state index contributed by atoms with van der Waals surface area (Å²) in [6.07, 6.45) is 1.79. The Bertz CT molecular complexity index is 1330. The standard InChI is InChI=1S/C25H21N5O/c1-16-11-12-19-15-20(24-29-25(31-30-24)18-8-4-3-5-9-18)23(28-22(19)14-16)27-17(2)21-10-6-7-13-26-21/h3-15,17H,1-2H3,(H,27,28)/t17-/m0/s1. The van der Waals surface area contributed by atoms with E-state index in [-0.39, 0.29) is 6.04 Å². The number of aromatic nitrogens is 4. The molecule has 0 amide bonds. The first-order valence-electron chi connectivity index (χ1n) is 10.2. The molecule has 152 valence electrons. The average Bonchev–Trinajstić information content (AvgIpc) is 3.30. The fourth-order valence-electron chi connectivity index (χ4n) is 3.50. The lowest BCUT2D eigenvalue weighted by Gasteiger charge is -2.16. The summed E-state index contributed by atoms with van der Waals surface area (Å²) in [5.41, 5.74) is 4.65. The SMILES string of the molecule is Cc1ccc2cc(-c3noc(-c4ccccc4)n3)c(N[C@@H](C)c3ccccn3)nc2c1. The molecule has 0 bridgehead atoms. The van der Waals surface area contributed by atoms with Crippen LogP contribution in [0.15, 0.2) is 83.5 Å². The van der Waals surface area contributed by atoms with Crippen LogP contribution in [0, 0.1) is 6.92 Å². The zero-order valence-electron chi connectivity index (χ0n) is 17.3. The Kier molecular flexibility index (Phi) is 4.88. The summed E-state index contributed by atoms with van der Waals surface area (Å²) in [6, 6.07) is 23.8. The second-order valence-corrected chi connectivity index (χ2v) is 7.49. The van der Waals surface area contributed by atoms with Gasteiger partial charge < -0.3 is 9.84 Å². The molecular weight excluding hydrogens is 386 g/mol. The molecule has 0 aliphatic carbocycles. The quantitative estimate of drug-likeness (QED) is 0.395. The van der Waals surface area contributed by atoms with Crippen LogP contribution in [0.2, 0.25) is 0 Å². The van der Waals surface area contributed by atoms with Crippen LogP contribution in [0.5, 0.6) is 0 Å². The average molecular weight is 407 g/mol. The summed E-state index contributed by atoms with van der Waals surface area (Å²) in [5.74, 6) is 1.66. The van der Waals surface area contributed by atoms with Crippen molar-refractivity contribution in [3.8, 4) is 22.8 Å². The van der Waals surface area contributed by atoms with Gasteiger partial charge in [0.25, 0.3) is 5.89 Å². The van der Waals surface area contributed by atoms with Crippen molar-refractivity contribution in [1.82, 2.24) is 20.1 Å². The molecule has 0 saturated heterocycles. The number of rotatable bonds is 5. The first-order valence-corrected chi connectivity index (χ1v) is 10.2. The molecule has 0 saturated carbocycles. The zero-order valence-corrected chi connectivity index (χ0v) is 17.3. The first kappa shape index (κ1) is 18.9. The molecule has 0 radical (unpaired) electrons. The number of benzene rings is 2. The molecule has 0 fully saturated rings. The maximum atomic E-state index is 5.55. The van der Waals surface area contributed by atoms with Gasteiger partial charge in [0.05, 0.1) is 22.8 Å². The lowest BCUT2D eigenvalue weighted by atomic mass is 10.1. The van der Waals surface area contributed by atoms with Crippen molar-refractivity contribution in [3.05, 3.63) is 90.3 Å². The molecule has 6 nitrogen and oxygen atoms in total. The molecule has 0 spiro atoms. The number of pyridine rings is 2. The smallest absolute Gasteiger partial charge is 0.258 e. The molecule has 5 aromatic rings. The maximum absolute atomic E-state index is 5.55. The van der Waals surface area contributed by atoms with Crippen LogP contribution in [0.25, 0.3) is 33.7 Å². The van der Waals surface area contributed by atoms with E-state index in [0.717, 1.165) is 33.3 Å². The lowest BCUT2D eigenvalue weighted by Crippen LogP contribution is -2.10. The number of hydrogen-bond acceptors (Lipinski definition) is 6. The number of nitrogens with one attached hydrogen (secondary N) is 1. The minimum atomic E-state index is -0.0461. The maximum Gasteiger partial charge on any atom is 0.258 e. The molecule has 1 N–H and O–H groups in total. The Labute approximate surface area is 180 Å². The molecular formula is C25H21N5O. The van der Waals surface area contributed by atoms with E-state index in [1.54, 1.807) is 6.20 Å². The van der Waals surface area contributed by atoms with Gasteiger partial charge in [-0.15, -0.1) is 0 Å². The second kappa shape index (κ2) is 7.99. The monoisotopic (exact) mass is 407 g/mol. The third-order valence-corrected chi connectivity index (χ3v) is 5.15. The van der Waals surface area contributed by atoms with E-state index in [4.69, 9.17) is 9.51 Å². The van der Waals surface area contributed by atoms with Gasteiger partial charge in [-0.05, 0) is 55.8 Å². The van der Waals surface area contributed by atoms with E-state index in [2.05, 4.69) is 58.6 Å². The predicted octanol–water partition coefficient (Wildman–Crippen LogP) is 5.83. The van der Waals surface area contributed by atoms with Gasteiger partial charge in [-0.1, -0.05) is 41.6 Å². The largest absolute Gasteiger partial charge is 0.361 e. The van der Waals surface area contributed by atoms with E-state index in [0.29, 0.717) is 17.5 Å². The number of nitrogens with zero attached hydrogens (tertiary/aromatic N) is 4. The molecule has 0 aliphatic rings. The van der Waals surface area contributed by atoms with E-state index >= 15 is 0 Å². The van der Waals surface area contributed by atoms with Crippen molar-refractivity contribution < 1.29 is 4.52 Å². The van der Waals surface area contributed by atoms with Crippen LogP contribution < -0.4 is 5.32 Å². The molecule has 31 heavy (non-hydrogen) atoms. The minimum absolute atomic E-state index is 0.0461. The minimum Gasteiger partial charge on any atom is -0.361 e. The summed E-state index contributed by atoms with van der Waals surface area (Å²) >= 11 is 0. The van der Waals surface area contributed by atoms with Gasteiger partial charge in [-0.3, -0.25) is 4.98 Å². The fourth-order valence-corrected chi connectivity index (χ4v) is 3.50. The Balaban J connectivity index is 1.60. The lowest BCUT2D eigenvalue weighted by molar-refractivity contribution is 0.432.